The van der Waals surface area contributed by atoms with Gasteiger partial charge in [0.25, 0.3) is 0 Å². The Kier molecular flexibility index (Phi) is 48.5. The summed E-state index contributed by atoms with van der Waals surface area (Å²) in [6.45, 7) is 4.31. The normalized spacial score (nSPS) is 13.3. The molecule has 3 unspecified atom stereocenters. The van der Waals surface area contributed by atoms with Gasteiger partial charge in [0.1, 0.15) is 0 Å². The maximum Gasteiger partial charge on any atom is 0.222 e. The second-order valence-electron chi connectivity index (χ2n) is 18.9. The monoisotopic (exact) mass is 822 g/mol. The van der Waals surface area contributed by atoms with Crippen molar-refractivity contribution in [3.05, 3.63) is 0 Å². The van der Waals surface area contributed by atoms with Crippen LogP contribution in [-0.2, 0) is 4.79 Å². The Bertz CT molecular complexity index is 777. The molecule has 0 saturated carbocycles. The lowest BCUT2D eigenvalue weighted by Gasteiger charge is -2.23. The van der Waals surface area contributed by atoms with Gasteiger partial charge in [0, 0.05) is 0 Å². The number of rotatable bonds is 50. The fraction of sp³-hybridized carbons (Fsp3) is 0.981. The molecule has 0 spiro atoms. The fourth-order valence-corrected chi connectivity index (χ4v) is 8.82. The molecule has 3 atom stereocenters. The molecule has 348 valence electrons. The third-order valence-electron chi connectivity index (χ3n) is 12.9. The number of aliphatic hydroxyl groups is 3. The van der Waals surface area contributed by atoms with Gasteiger partial charge in [0.2, 0.25) is 5.91 Å². The lowest BCUT2D eigenvalue weighted by molar-refractivity contribution is -0.125. The minimum absolute atomic E-state index is 0.0435. The van der Waals surface area contributed by atoms with Crippen LogP contribution in [0.4, 0.5) is 0 Å². The number of carbonyl (C=O) groups is 1. The van der Waals surface area contributed by atoms with E-state index in [0.29, 0.717) is 12.8 Å². The average Bonchev–Trinajstić information content (AvgIpc) is 3.22. The molecule has 1 amide bonds. The van der Waals surface area contributed by atoms with Crippen LogP contribution in [0.25, 0.3) is 0 Å². The minimum Gasteiger partial charge on any atom is -0.394 e. The van der Waals surface area contributed by atoms with E-state index in [-0.39, 0.29) is 18.9 Å². The van der Waals surface area contributed by atoms with Gasteiger partial charge in [-0.1, -0.05) is 290 Å². The van der Waals surface area contributed by atoms with E-state index in [4.69, 9.17) is 0 Å². The largest absolute Gasteiger partial charge is 0.394 e. The van der Waals surface area contributed by atoms with E-state index in [0.717, 1.165) is 25.7 Å². The number of carbonyl (C=O) groups excluding carboxylic acids is 1. The standard InChI is InChI=1S/C53H107NO4/c1-3-5-7-9-11-13-15-17-19-21-23-25-27-28-30-32-34-36-38-40-42-44-46-50(56)48-53(58)54-51(49-55)52(57)47-45-43-41-39-37-35-33-31-29-26-24-22-20-18-16-14-12-10-8-6-4-2/h50-52,55-57H,3-49H2,1-2H3,(H,54,58). The second kappa shape index (κ2) is 49.0. The van der Waals surface area contributed by atoms with Crippen molar-refractivity contribution < 1.29 is 20.1 Å². The van der Waals surface area contributed by atoms with Gasteiger partial charge in [-0.25, -0.2) is 0 Å². The van der Waals surface area contributed by atoms with Crippen molar-refractivity contribution in [3.8, 4) is 0 Å². The van der Waals surface area contributed by atoms with Gasteiger partial charge in [-0.15, -0.1) is 0 Å². The van der Waals surface area contributed by atoms with Crippen LogP contribution in [-0.4, -0.2) is 46.1 Å². The quantitative estimate of drug-likeness (QED) is 0.0460. The highest BCUT2D eigenvalue weighted by Crippen LogP contribution is 2.18. The van der Waals surface area contributed by atoms with Crippen LogP contribution < -0.4 is 5.32 Å². The molecule has 0 aliphatic rings. The molecule has 0 aliphatic carbocycles. The van der Waals surface area contributed by atoms with E-state index in [9.17, 15) is 20.1 Å². The fourth-order valence-electron chi connectivity index (χ4n) is 8.82. The Balaban J connectivity index is 3.51. The van der Waals surface area contributed by atoms with E-state index in [1.807, 2.05) is 0 Å². The molecule has 0 rings (SSSR count). The predicted octanol–water partition coefficient (Wildman–Crippen LogP) is 16.2. The van der Waals surface area contributed by atoms with Crippen LogP contribution >= 0.6 is 0 Å². The number of aliphatic hydroxyl groups excluding tert-OH is 3. The van der Waals surface area contributed by atoms with E-state index < -0.39 is 18.2 Å². The van der Waals surface area contributed by atoms with Gasteiger partial charge < -0.3 is 20.6 Å². The van der Waals surface area contributed by atoms with Gasteiger partial charge in [-0.3, -0.25) is 4.79 Å². The molecule has 5 heteroatoms. The molecular formula is C53H107NO4. The summed E-state index contributed by atoms with van der Waals surface area (Å²) in [5, 5.41) is 33.6. The minimum atomic E-state index is -0.745. The zero-order valence-corrected chi connectivity index (χ0v) is 39.7. The third-order valence-corrected chi connectivity index (χ3v) is 12.9. The van der Waals surface area contributed by atoms with E-state index in [1.54, 1.807) is 0 Å². The Morgan fingerprint density at radius 3 is 0.828 bits per heavy atom. The third kappa shape index (κ3) is 44.9. The maximum absolute atomic E-state index is 12.5. The van der Waals surface area contributed by atoms with Crippen molar-refractivity contribution in [1.29, 1.82) is 0 Å². The summed E-state index contributed by atoms with van der Waals surface area (Å²) in [5.74, 6) is -0.275. The van der Waals surface area contributed by atoms with Gasteiger partial charge >= 0.3 is 0 Å². The molecule has 0 aliphatic heterocycles. The molecule has 0 bridgehead atoms. The van der Waals surface area contributed by atoms with E-state index >= 15 is 0 Å². The number of hydrogen-bond donors (Lipinski definition) is 4. The lowest BCUT2D eigenvalue weighted by Crippen LogP contribution is -2.46. The first-order valence-electron chi connectivity index (χ1n) is 26.8. The predicted molar refractivity (Wildman–Crippen MR) is 255 cm³/mol. The summed E-state index contributed by atoms with van der Waals surface area (Å²) < 4.78 is 0. The Hall–Kier alpha value is -0.650. The lowest BCUT2D eigenvalue weighted by atomic mass is 10.0. The van der Waals surface area contributed by atoms with E-state index in [1.165, 1.54) is 250 Å². The second-order valence-corrected chi connectivity index (χ2v) is 18.9. The topological polar surface area (TPSA) is 89.8 Å². The molecule has 0 radical (unpaired) electrons. The molecule has 0 saturated heterocycles. The van der Waals surface area contributed by atoms with Gasteiger partial charge in [0.05, 0.1) is 31.3 Å². The average molecular weight is 822 g/mol. The van der Waals surface area contributed by atoms with Gasteiger partial charge in [0.15, 0.2) is 0 Å². The number of unbranched alkanes of at least 4 members (excludes halogenated alkanes) is 41. The van der Waals surface area contributed by atoms with Crippen LogP contribution in [0.5, 0.6) is 0 Å². The van der Waals surface area contributed by atoms with Crippen molar-refractivity contribution >= 4 is 5.91 Å². The summed E-state index contributed by atoms with van der Waals surface area (Å²) in [6.07, 6.45) is 58.2. The highest BCUT2D eigenvalue weighted by atomic mass is 16.3. The number of hydrogen-bond acceptors (Lipinski definition) is 4. The summed E-state index contributed by atoms with van der Waals surface area (Å²) in [7, 11) is 0. The van der Waals surface area contributed by atoms with Gasteiger partial charge in [-0.05, 0) is 12.8 Å². The van der Waals surface area contributed by atoms with Crippen molar-refractivity contribution in [2.24, 2.45) is 0 Å². The summed E-state index contributed by atoms with van der Waals surface area (Å²) in [5.41, 5.74) is 0. The molecule has 4 N–H and O–H groups in total. The zero-order valence-electron chi connectivity index (χ0n) is 39.7. The summed E-state index contributed by atoms with van der Waals surface area (Å²) >= 11 is 0. The first-order valence-corrected chi connectivity index (χ1v) is 26.8. The van der Waals surface area contributed by atoms with Crippen molar-refractivity contribution in [1.82, 2.24) is 5.32 Å². The SMILES string of the molecule is CCCCCCCCCCCCCCCCCCCCCCCCC(O)CC(=O)NC(CO)C(O)CCCCCCCCCCCCCCCCCCCCCCC. The highest BCUT2D eigenvalue weighted by Gasteiger charge is 2.21. The van der Waals surface area contributed by atoms with E-state index in [2.05, 4.69) is 19.2 Å². The molecule has 0 aromatic rings. The molecule has 0 fully saturated rings. The Morgan fingerprint density at radius 1 is 0.362 bits per heavy atom. The summed E-state index contributed by atoms with van der Waals surface area (Å²) in [6, 6.07) is -0.654. The van der Waals surface area contributed by atoms with Crippen LogP contribution in [0.3, 0.4) is 0 Å². The van der Waals surface area contributed by atoms with Crippen LogP contribution in [0, 0.1) is 0 Å². The maximum atomic E-state index is 12.5. The van der Waals surface area contributed by atoms with Gasteiger partial charge in [-0.2, -0.15) is 0 Å². The zero-order chi connectivity index (χ0) is 42.3. The first-order chi connectivity index (χ1) is 28.5. The smallest absolute Gasteiger partial charge is 0.222 e. The Morgan fingerprint density at radius 2 is 0.586 bits per heavy atom. The van der Waals surface area contributed by atoms with Crippen molar-refractivity contribution in [2.75, 3.05) is 6.61 Å². The van der Waals surface area contributed by atoms with Crippen LogP contribution in [0.1, 0.15) is 309 Å². The van der Waals surface area contributed by atoms with Crippen LogP contribution in [0.2, 0.25) is 0 Å². The van der Waals surface area contributed by atoms with Crippen LogP contribution in [0.15, 0.2) is 0 Å². The highest BCUT2D eigenvalue weighted by molar-refractivity contribution is 5.76. The Labute approximate surface area is 364 Å². The molecule has 58 heavy (non-hydrogen) atoms. The number of nitrogens with one attached hydrogen (secondary N) is 1. The molecule has 0 aromatic carbocycles. The first kappa shape index (κ1) is 57.3. The van der Waals surface area contributed by atoms with Crippen molar-refractivity contribution in [2.45, 2.75) is 327 Å². The number of amides is 1. The molecular weight excluding hydrogens is 715 g/mol. The summed E-state index contributed by atoms with van der Waals surface area (Å²) in [4.78, 5) is 12.5. The molecule has 5 nitrogen and oxygen atoms in total. The van der Waals surface area contributed by atoms with Crippen molar-refractivity contribution in [3.63, 3.8) is 0 Å². The molecule has 0 heterocycles. The molecule has 0 aromatic heterocycles.